The molecule has 2 atom stereocenters. The molecule has 2 aromatic heterocycles. The molecule has 10 nitrogen and oxygen atoms in total. The van der Waals surface area contributed by atoms with Crippen molar-refractivity contribution < 1.29 is 36.6 Å². The van der Waals surface area contributed by atoms with E-state index in [0.29, 0.717) is 35.5 Å². The van der Waals surface area contributed by atoms with Crippen LogP contribution in [0.5, 0.6) is 0 Å². The van der Waals surface area contributed by atoms with Gasteiger partial charge in [0.2, 0.25) is 10.0 Å². The molecule has 230 valence electrons. The molecule has 0 bridgehead atoms. The number of nitrogens with two attached hydrogens (primary N) is 1. The van der Waals surface area contributed by atoms with Gasteiger partial charge in [0.15, 0.2) is 0 Å². The van der Waals surface area contributed by atoms with Crippen LogP contribution in [-0.2, 0) is 23.0 Å². The number of benzene rings is 2. The maximum Gasteiger partial charge on any atom is 0.473 e. The fourth-order valence-corrected chi connectivity index (χ4v) is 5.89. The number of rotatable bonds is 11. The van der Waals surface area contributed by atoms with Crippen LogP contribution in [0, 0.1) is 0 Å². The van der Waals surface area contributed by atoms with E-state index in [4.69, 9.17) is 17.3 Å². The fraction of sp³-hybridized carbons (Fsp3) is 0.286. The first-order chi connectivity index (χ1) is 20.1. The number of sulfonamides is 1. The number of carbonyl (C=O) groups is 1. The molecule has 0 aliphatic rings. The van der Waals surface area contributed by atoms with Gasteiger partial charge in [0, 0.05) is 48.8 Å². The summed E-state index contributed by atoms with van der Waals surface area (Å²) in [6, 6.07) is 13.3. The zero-order chi connectivity index (χ0) is 31.7. The lowest BCUT2D eigenvalue weighted by Gasteiger charge is -2.20. The highest BCUT2D eigenvalue weighted by atomic mass is 35.5. The molecule has 0 aliphatic carbocycles. The van der Waals surface area contributed by atoms with Crippen molar-refractivity contribution >= 4 is 44.3 Å². The van der Waals surface area contributed by atoms with Crippen molar-refractivity contribution in [3.8, 4) is 0 Å². The average Bonchev–Trinajstić information content (AvgIpc) is 3.30. The average molecular weight is 640 g/mol. The normalized spacial score (nSPS) is 13.9. The summed E-state index contributed by atoms with van der Waals surface area (Å²) in [6.45, 7) is 2.05. The van der Waals surface area contributed by atoms with E-state index >= 15 is 0 Å². The van der Waals surface area contributed by atoms with Gasteiger partial charge >= 0.3 is 12.3 Å². The summed E-state index contributed by atoms with van der Waals surface area (Å²) in [5, 5.41) is 24.4. The van der Waals surface area contributed by atoms with Gasteiger partial charge in [0.05, 0.1) is 16.0 Å². The molecule has 5 N–H and O–H groups in total. The Morgan fingerprint density at radius 1 is 1.16 bits per heavy atom. The molecule has 0 amide bonds. The number of nitrogens with zero attached hydrogens (tertiary/aromatic N) is 3. The molecular weight excluding hydrogens is 611 g/mol. The first kappa shape index (κ1) is 32.2. The van der Waals surface area contributed by atoms with Crippen LogP contribution >= 0.6 is 11.6 Å². The lowest BCUT2D eigenvalue weighted by atomic mass is 10.0. The van der Waals surface area contributed by atoms with Gasteiger partial charge in [-0.25, -0.2) is 18.2 Å². The van der Waals surface area contributed by atoms with Gasteiger partial charge in [-0.1, -0.05) is 29.8 Å². The molecule has 43 heavy (non-hydrogen) atoms. The molecule has 15 heteroatoms. The number of fused-ring (bicyclic) bond motifs is 1. The third-order valence-corrected chi connectivity index (χ3v) is 9.00. The Hall–Kier alpha value is -3.69. The van der Waals surface area contributed by atoms with Crippen molar-refractivity contribution in [2.24, 2.45) is 0 Å². The Morgan fingerprint density at radius 2 is 1.88 bits per heavy atom. The minimum absolute atomic E-state index is 0.0714. The first-order valence-electron chi connectivity index (χ1n) is 12.9. The van der Waals surface area contributed by atoms with Gasteiger partial charge in [0.25, 0.3) is 0 Å². The lowest BCUT2D eigenvalue weighted by Crippen LogP contribution is -2.39. The van der Waals surface area contributed by atoms with E-state index in [0.717, 1.165) is 17.7 Å². The number of aliphatic hydroxyl groups is 1. The molecule has 0 saturated carbocycles. The number of anilines is 1. The van der Waals surface area contributed by atoms with Crippen LogP contribution in [0.1, 0.15) is 40.2 Å². The minimum Gasteiger partial charge on any atom is -0.477 e. The number of halogens is 4. The quantitative estimate of drug-likeness (QED) is 0.176. The second-order valence-corrected chi connectivity index (χ2v) is 12.4. The van der Waals surface area contributed by atoms with Crippen molar-refractivity contribution in [3.63, 3.8) is 0 Å². The van der Waals surface area contributed by atoms with Gasteiger partial charge in [-0.3, -0.25) is 0 Å². The van der Waals surface area contributed by atoms with Crippen LogP contribution in [0.2, 0.25) is 5.02 Å². The lowest BCUT2D eigenvalue weighted by molar-refractivity contribution is -0.202. The van der Waals surface area contributed by atoms with Crippen molar-refractivity contribution in [1.82, 2.24) is 19.2 Å². The molecule has 0 fully saturated rings. The highest BCUT2D eigenvalue weighted by Crippen LogP contribution is 2.29. The van der Waals surface area contributed by atoms with Crippen LogP contribution in [0.4, 0.5) is 19.0 Å². The number of nitrogen functional groups attached to an aromatic ring is 1. The van der Waals surface area contributed by atoms with Crippen LogP contribution < -0.4 is 11.1 Å². The molecule has 0 spiro atoms. The molecule has 0 radical (unpaired) electrons. The Morgan fingerprint density at radius 3 is 2.53 bits per heavy atom. The van der Waals surface area contributed by atoms with Crippen molar-refractivity contribution in [1.29, 1.82) is 0 Å². The monoisotopic (exact) mass is 639 g/mol. The summed E-state index contributed by atoms with van der Waals surface area (Å²) in [5.41, 5.74) is 7.79. The minimum atomic E-state index is -5.10. The maximum atomic E-state index is 13.1. The van der Waals surface area contributed by atoms with Gasteiger partial charge in [-0.2, -0.15) is 13.2 Å². The first-order valence-corrected chi connectivity index (χ1v) is 14.7. The number of nitrogens with one attached hydrogen (secondary N) is 1. The highest BCUT2D eigenvalue weighted by molar-refractivity contribution is 7.89. The summed E-state index contributed by atoms with van der Waals surface area (Å²) >= 11 is 5.98. The van der Waals surface area contributed by atoms with Gasteiger partial charge < -0.3 is 25.8 Å². The molecule has 0 aliphatic heterocycles. The molecule has 2 unspecified atom stereocenters. The van der Waals surface area contributed by atoms with E-state index in [2.05, 4.69) is 10.3 Å². The van der Waals surface area contributed by atoms with Gasteiger partial charge in [0.1, 0.15) is 11.5 Å². The molecule has 4 rings (SSSR count). The van der Waals surface area contributed by atoms with Crippen molar-refractivity contribution in [2.45, 2.75) is 43.2 Å². The summed E-state index contributed by atoms with van der Waals surface area (Å²) in [5.74, 6) is -1.05. The standard InChI is InChI=1S/C28H29ClF3N5O5S/c1-16(34-14-25(38)20-11-22(29)26(33)35-13-20)8-17-6-7-23-19(9-17)12-24(27(39)40)37(23)15-18-4-3-5-21(10-18)43(41,42)36(2)28(30,31)32/h3-7,9-13,16,25,34,38H,8,14-15H2,1-2H3,(H2,33,35)(H,39,40). The summed E-state index contributed by atoms with van der Waals surface area (Å²) < 4.78 is 65.1. The number of carboxylic acid groups (broad SMARTS) is 1. The molecular formula is C28H29ClF3N5O5S. The Bertz CT molecular complexity index is 1760. The number of pyridine rings is 1. The van der Waals surface area contributed by atoms with Crippen molar-refractivity contribution in [2.75, 3.05) is 19.3 Å². The maximum absolute atomic E-state index is 13.1. The van der Waals surface area contributed by atoms with Crippen LogP contribution in [0.25, 0.3) is 10.9 Å². The second kappa shape index (κ2) is 12.5. The number of alkyl halides is 3. The smallest absolute Gasteiger partial charge is 0.473 e. The van der Waals surface area contributed by atoms with E-state index in [1.54, 1.807) is 12.1 Å². The van der Waals surface area contributed by atoms with E-state index < -0.39 is 37.6 Å². The Labute approximate surface area is 250 Å². The second-order valence-electron chi connectivity index (χ2n) is 10.1. The van der Waals surface area contributed by atoms with E-state index in [9.17, 15) is 36.6 Å². The number of aromatic carboxylic acids is 1. The fourth-order valence-electron chi connectivity index (χ4n) is 4.58. The van der Waals surface area contributed by atoms with Gasteiger partial charge in [-0.15, -0.1) is 4.31 Å². The molecule has 0 saturated heterocycles. The van der Waals surface area contributed by atoms with E-state index in [1.165, 1.54) is 29.0 Å². The van der Waals surface area contributed by atoms with Crippen molar-refractivity contribution in [3.05, 3.63) is 88.2 Å². The number of carboxylic acids is 1. The van der Waals surface area contributed by atoms with Gasteiger partial charge in [-0.05, 0) is 60.9 Å². The molecule has 4 aromatic rings. The topological polar surface area (TPSA) is 151 Å². The SMILES string of the molecule is CC(Cc1ccc2c(c1)cc(C(=O)O)n2Cc1cccc(S(=O)(=O)N(C)C(F)(F)F)c1)NCC(O)c1cnc(N)c(Cl)c1. The van der Waals surface area contributed by atoms with Crippen LogP contribution in [0.3, 0.4) is 0 Å². The Balaban J connectivity index is 1.52. The predicted octanol–water partition coefficient (Wildman–Crippen LogP) is 4.41. The van der Waals surface area contributed by atoms with E-state index in [-0.39, 0.29) is 35.7 Å². The summed E-state index contributed by atoms with van der Waals surface area (Å²) in [6.07, 6.45) is -3.98. The zero-order valence-electron chi connectivity index (χ0n) is 23.0. The predicted molar refractivity (Wildman–Crippen MR) is 155 cm³/mol. The number of aliphatic hydroxyl groups excluding tert-OH is 1. The van der Waals surface area contributed by atoms with Crippen LogP contribution in [0.15, 0.2) is 65.7 Å². The largest absolute Gasteiger partial charge is 0.477 e. The molecule has 2 heterocycles. The third-order valence-electron chi connectivity index (χ3n) is 6.92. The zero-order valence-corrected chi connectivity index (χ0v) is 24.6. The Kier molecular flexibility index (Phi) is 9.37. The summed E-state index contributed by atoms with van der Waals surface area (Å²) in [7, 11) is -4.44. The number of hydrogen-bond acceptors (Lipinski definition) is 7. The number of hydrogen-bond donors (Lipinski definition) is 4. The molecule has 2 aromatic carbocycles. The highest BCUT2D eigenvalue weighted by Gasteiger charge is 2.43. The summed E-state index contributed by atoms with van der Waals surface area (Å²) in [4.78, 5) is 15.5. The third kappa shape index (κ3) is 7.28. The number of aromatic nitrogens is 2. The van der Waals surface area contributed by atoms with Crippen LogP contribution in [-0.4, -0.2) is 64.4 Å². The van der Waals surface area contributed by atoms with E-state index in [1.807, 2.05) is 19.1 Å².